The number of likely N-dealkylation sites (N-methyl/N-ethyl adjacent to an activating group) is 1. The van der Waals surface area contributed by atoms with Gasteiger partial charge in [-0.1, -0.05) is 18.2 Å². The molecular weight excluding hydrogens is 233 g/mol. The van der Waals surface area contributed by atoms with Gasteiger partial charge in [-0.3, -0.25) is 0 Å². The van der Waals surface area contributed by atoms with Gasteiger partial charge in [0.2, 0.25) is 0 Å². The molecule has 70 valence electrons. The molecule has 1 nitrogen and oxygen atoms in total. The minimum atomic E-state index is -0.250. The van der Waals surface area contributed by atoms with E-state index in [0.29, 0.717) is 4.47 Å². The fourth-order valence-corrected chi connectivity index (χ4v) is 1.67. The molecular formula is C10H11BrFN. The van der Waals surface area contributed by atoms with Crippen LogP contribution >= 0.6 is 15.9 Å². The SMILES string of the molecule is C=CC(NC)c1cccc(F)c1Br. The molecule has 0 spiro atoms. The third-order valence-corrected chi connectivity index (χ3v) is 2.70. The fraction of sp³-hybridized carbons (Fsp3) is 0.200. The lowest BCUT2D eigenvalue weighted by atomic mass is 10.1. The summed E-state index contributed by atoms with van der Waals surface area (Å²) in [7, 11) is 1.81. The van der Waals surface area contributed by atoms with Crippen molar-refractivity contribution < 1.29 is 4.39 Å². The van der Waals surface area contributed by atoms with Crippen LogP contribution in [0, 0.1) is 5.82 Å². The minimum Gasteiger partial charge on any atom is -0.310 e. The highest BCUT2D eigenvalue weighted by molar-refractivity contribution is 9.10. The molecule has 13 heavy (non-hydrogen) atoms. The molecule has 1 unspecified atom stereocenters. The second-order valence-corrected chi connectivity index (χ2v) is 3.44. The summed E-state index contributed by atoms with van der Waals surface area (Å²) >= 11 is 3.20. The topological polar surface area (TPSA) is 12.0 Å². The number of rotatable bonds is 3. The zero-order valence-corrected chi connectivity index (χ0v) is 8.94. The van der Waals surface area contributed by atoms with Gasteiger partial charge in [-0.05, 0) is 34.6 Å². The Morgan fingerprint density at radius 3 is 2.85 bits per heavy atom. The van der Waals surface area contributed by atoms with Gasteiger partial charge in [0.05, 0.1) is 10.5 Å². The first-order chi connectivity index (χ1) is 6.20. The third-order valence-electron chi connectivity index (χ3n) is 1.86. The molecule has 0 radical (unpaired) electrons. The van der Waals surface area contributed by atoms with E-state index in [1.54, 1.807) is 12.1 Å². The number of benzene rings is 1. The van der Waals surface area contributed by atoms with E-state index in [-0.39, 0.29) is 11.9 Å². The normalized spacial score (nSPS) is 12.5. The molecule has 0 bridgehead atoms. The van der Waals surface area contributed by atoms with Gasteiger partial charge in [-0.25, -0.2) is 4.39 Å². The van der Waals surface area contributed by atoms with E-state index < -0.39 is 0 Å². The average molecular weight is 244 g/mol. The Kier molecular flexibility index (Phi) is 3.63. The van der Waals surface area contributed by atoms with Crippen LogP contribution in [0.5, 0.6) is 0 Å². The van der Waals surface area contributed by atoms with Gasteiger partial charge in [-0.15, -0.1) is 6.58 Å². The summed E-state index contributed by atoms with van der Waals surface area (Å²) in [5, 5.41) is 3.02. The number of halogens is 2. The molecule has 1 aromatic carbocycles. The van der Waals surface area contributed by atoms with Crippen LogP contribution in [0.15, 0.2) is 35.3 Å². The van der Waals surface area contributed by atoms with Crippen LogP contribution in [-0.2, 0) is 0 Å². The highest BCUT2D eigenvalue weighted by Gasteiger charge is 2.11. The van der Waals surface area contributed by atoms with Gasteiger partial charge >= 0.3 is 0 Å². The van der Waals surface area contributed by atoms with E-state index in [1.807, 2.05) is 13.1 Å². The molecule has 0 aromatic heterocycles. The average Bonchev–Trinajstić information content (AvgIpc) is 2.14. The van der Waals surface area contributed by atoms with Crippen molar-refractivity contribution >= 4 is 15.9 Å². The number of hydrogen-bond donors (Lipinski definition) is 1. The van der Waals surface area contributed by atoms with Crippen molar-refractivity contribution in [2.24, 2.45) is 0 Å². The number of hydrogen-bond acceptors (Lipinski definition) is 1. The van der Waals surface area contributed by atoms with Gasteiger partial charge in [0, 0.05) is 0 Å². The lowest BCUT2D eigenvalue weighted by Crippen LogP contribution is -2.14. The summed E-state index contributed by atoms with van der Waals surface area (Å²) in [6, 6.07) is 4.94. The van der Waals surface area contributed by atoms with Crippen molar-refractivity contribution in [3.05, 3.63) is 46.7 Å². The zero-order valence-electron chi connectivity index (χ0n) is 7.35. The quantitative estimate of drug-likeness (QED) is 0.806. The highest BCUT2D eigenvalue weighted by Crippen LogP contribution is 2.26. The minimum absolute atomic E-state index is 0.0231. The molecule has 0 saturated carbocycles. The van der Waals surface area contributed by atoms with Crippen molar-refractivity contribution in [2.45, 2.75) is 6.04 Å². The molecule has 1 N–H and O–H groups in total. The van der Waals surface area contributed by atoms with Crippen LogP contribution in [-0.4, -0.2) is 7.05 Å². The van der Waals surface area contributed by atoms with Gasteiger partial charge in [0.15, 0.2) is 0 Å². The smallest absolute Gasteiger partial charge is 0.137 e. The summed E-state index contributed by atoms with van der Waals surface area (Å²) < 4.78 is 13.6. The number of nitrogens with one attached hydrogen (secondary N) is 1. The molecule has 1 atom stereocenters. The maximum Gasteiger partial charge on any atom is 0.137 e. The van der Waals surface area contributed by atoms with Crippen LogP contribution in [0.4, 0.5) is 4.39 Å². The van der Waals surface area contributed by atoms with Crippen LogP contribution in [0.3, 0.4) is 0 Å². The zero-order chi connectivity index (χ0) is 9.84. The second-order valence-electron chi connectivity index (χ2n) is 2.65. The van der Waals surface area contributed by atoms with Crippen LogP contribution in [0.2, 0.25) is 0 Å². The van der Waals surface area contributed by atoms with Gasteiger partial charge < -0.3 is 5.32 Å². The molecule has 0 aliphatic rings. The largest absolute Gasteiger partial charge is 0.310 e. The first kappa shape index (κ1) is 10.4. The van der Waals surface area contributed by atoms with Crippen LogP contribution in [0.1, 0.15) is 11.6 Å². The summed E-state index contributed by atoms with van der Waals surface area (Å²) in [5.41, 5.74) is 0.859. The Morgan fingerprint density at radius 1 is 1.62 bits per heavy atom. The molecule has 1 rings (SSSR count). The second kappa shape index (κ2) is 4.53. The van der Waals surface area contributed by atoms with E-state index in [2.05, 4.69) is 27.8 Å². The van der Waals surface area contributed by atoms with Gasteiger partial charge in [0.25, 0.3) is 0 Å². The summed E-state index contributed by atoms with van der Waals surface area (Å²) in [4.78, 5) is 0. The molecule has 0 fully saturated rings. The highest BCUT2D eigenvalue weighted by atomic mass is 79.9. The van der Waals surface area contributed by atoms with Crippen molar-refractivity contribution in [2.75, 3.05) is 7.05 Å². The van der Waals surface area contributed by atoms with Crippen molar-refractivity contribution in [1.29, 1.82) is 0 Å². The monoisotopic (exact) mass is 243 g/mol. The Labute approximate surface area is 85.8 Å². The summed E-state index contributed by atoms with van der Waals surface area (Å²) in [5.74, 6) is -0.250. The van der Waals surface area contributed by atoms with E-state index in [0.717, 1.165) is 5.56 Å². The van der Waals surface area contributed by atoms with Crippen molar-refractivity contribution in [3.8, 4) is 0 Å². The Morgan fingerprint density at radius 2 is 2.31 bits per heavy atom. The van der Waals surface area contributed by atoms with Crippen molar-refractivity contribution in [1.82, 2.24) is 5.32 Å². The van der Waals surface area contributed by atoms with Crippen LogP contribution < -0.4 is 5.32 Å². The fourth-order valence-electron chi connectivity index (χ4n) is 1.16. The standard InChI is InChI=1S/C10H11BrFN/c1-3-9(13-2)7-5-4-6-8(12)10(7)11/h3-6,9,13H,1H2,2H3. The summed E-state index contributed by atoms with van der Waals surface area (Å²) in [6.45, 7) is 3.67. The van der Waals surface area contributed by atoms with Gasteiger partial charge in [-0.2, -0.15) is 0 Å². The summed E-state index contributed by atoms with van der Waals surface area (Å²) in [6.07, 6.45) is 1.74. The maximum atomic E-state index is 13.1. The predicted octanol–water partition coefficient (Wildman–Crippen LogP) is 3.03. The predicted molar refractivity (Wildman–Crippen MR) is 56.1 cm³/mol. The Bertz CT molecular complexity index is 312. The lowest BCUT2D eigenvalue weighted by molar-refractivity contribution is 0.611. The first-order valence-corrected chi connectivity index (χ1v) is 4.73. The molecule has 0 amide bonds. The van der Waals surface area contributed by atoms with Gasteiger partial charge in [0.1, 0.15) is 5.82 Å². The molecule has 1 aromatic rings. The maximum absolute atomic E-state index is 13.1. The molecule has 0 aliphatic carbocycles. The molecule has 3 heteroatoms. The Balaban J connectivity index is 3.13. The van der Waals surface area contributed by atoms with Crippen molar-refractivity contribution in [3.63, 3.8) is 0 Å². The molecule has 0 heterocycles. The molecule has 0 saturated heterocycles. The van der Waals surface area contributed by atoms with E-state index in [1.165, 1.54) is 6.07 Å². The first-order valence-electron chi connectivity index (χ1n) is 3.94. The van der Waals surface area contributed by atoms with E-state index in [9.17, 15) is 4.39 Å². The van der Waals surface area contributed by atoms with E-state index in [4.69, 9.17) is 0 Å². The third kappa shape index (κ3) is 2.17. The Hall–Kier alpha value is -0.670. The lowest BCUT2D eigenvalue weighted by Gasteiger charge is -2.13. The molecule has 0 aliphatic heterocycles. The van der Waals surface area contributed by atoms with E-state index >= 15 is 0 Å². The van der Waals surface area contributed by atoms with Crippen LogP contribution in [0.25, 0.3) is 0 Å².